The van der Waals surface area contributed by atoms with Crippen molar-refractivity contribution in [3.8, 4) is 11.8 Å². The maximum absolute atomic E-state index is 12.3. The van der Waals surface area contributed by atoms with Crippen LogP contribution in [-0.4, -0.2) is 16.8 Å². The highest BCUT2D eigenvalue weighted by atomic mass is 16.6. The first-order valence-corrected chi connectivity index (χ1v) is 9.02. The first-order valence-electron chi connectivity index (χ1n) is 9.02. The van der Waals surface area contributed by atoms with Gasteiger partial charge >= 0.3 is 5.97 Å². The topological polar surface area (TPSA) is 122 Å². The average molecular weight is 413 g/mol. The molecule has 0 saturated carbocycles. The van der Waals surface area contributed by atoms with Crippen LogP contribution in [0.4, 0.5) is 11.4 Å². The Bertz CT molecular complexity index is 1200. The molecule has 0 saturated heterocycles. The molecule has 0 unspecified atom stereocenters. The van der Waals surface area contributed by atoms with Gasteiger partial charge in [-0.05, 0) is 42.0 Å². The molecule has 8 heteroatoms. The van der Waals surface area contributed by atoms with Gasteiger partial charge in [-0.3, -0.25) is 14.9 Å². The Morgan fingerprint density at radius 2 is 1.61 bits per heavy atom. The van der Waals surface area contributed by atoms with E-state index in [4.69, 9.17) is 4.74 Å². The van der Waals surface area contributed by atoms with Gasteiger partial charge in [0.15, 0.2) is 0 Å². The fourth-order valence-electron chi connectivity index (χ4n) is 2.63. The highest BCUT2D eigenvalue weighted by Gasteiger charge is 2.21. The highest BCUT2D eigenvalue weighted by Crippen LogP contribution is 2.21. The van der Waals surface area contributed by atoms with Gasteiger partial charge in [0, 0.05) is 11.8 Å². The summed E-state index contributed by atoms with van der Waals surface area (Å²) in [7, 11) is 0. The number of esters is 1. The number of carbonyl (C=O) groups excluding carboxylic acids is 2. The van der Waals surface area contributed by atoms with Gasteiger partial charge in [-0.25, -0.2) is 4.79 Å². The molecular weight excluding hydrogens is 398 g/mol. The average Bonchev–Trinajstić information content (AvgIpc) is 2.79. The molecule has 0 aliphatic carbocycles. The second-order valence-corrected chi connectivity index (χ2v) is 6.22. The van der Waals surface area contributed by atoms with Crippen molar-refractivity contribution in [2.75, 3.05) is 5.32 Å². The van der Waals surface area contributed by atoms with Crippen molar-refractivity contribution in [3.05, 3.63) is 106 Å². The number of benzene rings is 3. The predicted molar refractivity (Wildman–Crippen MR) is 113 cm³/mol. The van der Waals surface area contributed by atoms with Crippen LogP contribution in [0.3, 0.4) is 0 Å². The molecule has 8 nitrogen and oxygen atoms in total. The number of para-hydroxylation sites is 2. The SMILES string of the molecule is N#C/C(=C\c1ccc(OC(=O)c2ccccc2[N+](=O)[O-])cc1)C(=O)Nc1ccccc1. The normalized spacial score (nSPS) is 10.6. The molecular formula is C23H15N3O5. The molecule has 3 rings (SSSR count). The minimum atomic E-state index is -0.865. The molecule has 0 radical (unpaired) electrons. The number of rotatable bonds is 6. The third-order valence-corrected chi connectivity index (χ3v) is 4.12. The molecule has 0 atom stereocenters. The van der Waals surface area contributed by atoms with Crippen LogP contribution in [0.1, 0.15) is 15.9 Å². The number of ether oxygens (including phenoxy) is 1. The van der Waals surface area contributed by atoms with E-state index in [1.165, 1.54) is 42.5 Å². The molecule has 3 aromatic rings. The first kappa shape index (κ1) is 21.0. The number of amides is 1. The largest absolute Gasteiger partial charge is 0.423 e. The molecule has 0 heterocycles. The van der Waals surface area contributed by atoms with Crippen LogP contribution in [0.2, 0.25) is 0 Å². The van der Waals surface area contributed by atoms with Gasteiger partial charge in [-0.1, -0.05) is 42.5 Å². The number of hydrogen-bond acceptors (Lipinski definition) is 6. The lowest BCUT2D eigenvalue weighted by atomic mass is 10.1. The number of carbonyl (C=O) groups is 2. The van der Waals surface area contributed by atoms with Crippen LogP contribution in [0, 0.1) is 21.4 Å². The van der Waals surface area contributed by atoms with E-state index in [0.29, 0.717) is 11.3 Å². The summed E-state index contributed by atoms with van der Waals surface area (Å²) >= 11 is 0. The van der Waals surface area contributed by atoms with Crippen LogP contribution in [-0.2, 0) is 4.79 Å². The summed E-state index contributed by atoms with van der Waals surface area (Å²) in [5, 5.41) is 23.0. The van der Waals surface area contributed by atoms with Gasteiger partial charge in [0.1, 0.15) is 23.0 Å². The van der Waals surface area contributed by atoms with E-state index >= 15 is 0 Å². The zero-order valence-corrected chi connectivity index (χ0v) is 16.0. The zero-order valence-electron chi connectivity index (χ0n) is 16.0. The highest BCUT2D eigenvalue weighted by molar-refractivity contribution is 6.09. The monoisotopic (exact) mass is 413 g/mol. The maximum Gasteiger partial charge on any atom is 0.350 e. The van der Waals surface area contributed by atoms with Crippen LogP contribution in [0.25, 0.3) is 6.08 Å². The second kappa shape index (κ2) is 9.62. The van der Waals surface area contributed by atoms with E-state index in [2.05, 4.69) is 5.32 Å². The van der Waals surface area contributed by atoms with E-state index in [-0.39, 0.29) is 22.6 Å². The Hall–Kier alpha value is -4.77. The number of nitrogens with one attached hydrogen (secondary N) is 1. The van der Waals surface area contributed by atoms with E-state index < -0.39 is 16.8 Å². The predicted octanol–water partition coefficient (Wildman–Crippen LogP) is 4.36. The minimum Gasteiger partial charge on any atom is -0.423 e. The zero-order chi connectivity index (χ0) is 22.2. The van der Waals surface area contributed by atoms with Crippen LogP contribution >= 0.6 is 0 Å². The third kappa shape index (κ3) is 5.40. The molecule has 3 aromatic carbocycles. The lowest BCUT2D eigenvalue weighted by molar-refractivity contribution is -0.385. The quantitative estimate of drug-likeness (QED) is 0.160. The van der Waals surface area contributed by atoms with Crippen molar-refractivity contribution in [2.45, 2.75) is 0 Å². The summed E-state index contributed by atoms with van der Waals surface area (Å²) in [6.07, 6.45) is 1.39. The van der Waals surface area contributed by atoms with Crippen molar-refractivity contribution in [2.24, 2.45) is 0 Å². The van der Waals surface area contributed by atoms with Crippen molar-refractivity contribution in [1.82, 2.24) is 0 Å². The Kier molecular flexibility index (Phi) is 6.50. The molecule has 0 bridgehead atoms. The van der Waals surface area contributed by atoms with Crippen molar-refractivity contribution >= 4 is 29.3 Å². The molecule has 0 aliphatic heterocycles. The second-order valence-electron chi connectivity index (χ2n) is 6.22. The fourth-order valence-corrected chi connectivity index (χ4v) is 2.63. The summed E-state index contributed by atoms with van der Waals surface area (Å²) in [6.45, 7) is 0. The van der Waals surface area contributed by atoms with Gasteiger partial charge in [0.05, 0.1) is 4.92 Å². The molecule has 1 N–H and O–H groups in total. The standard InChI is InChI=1S/C23H15N3O5/c24-15-17(22(27)25-18-6-2-1-3-7-18)14-16-10-12-19(13-11-16)31-23(28)20-8-4-5-9-21(20)26(29)30/h1-14H,(H,25,27)/b17-14+. The maximum atomic E-state index is 12.3. The molecule has 0 fully saturated rings. The van der Waals surface area contributed by atoms with Crippen LogP contribution < -0.4 is 10.1 Å². The lowest BCUT2D eigenvalue weighted by Gasteiger charge is -2.06. The Morgan fingerprint density at radius 3 is 2.26 bits per heavy atom. The Morgan fingerprint density at radius 1 is 0.968 bits per heavy atom. The third-order valence-electron chi connectivity index (χ3n) is 4.12. The lowest BCUT2D eigenvalue weighted by Crippen LogP contribution is -2.13. The summed E-state index contributed by atoms with van der Waals surface area (Å²) in [5.74, 6) is -1.26. The number of nitro benzene ring substituents is 1. The number of nitro groups is 1. The van der Waals surface area contributed by atoms with Gasteiger partial charge in [-0.2, -0.15) is 5.26 Å². The molecule has 1 amide bonds. The molecule has 0 spiro atoms. The van der Waals surface area contributed by atoms with Gasteiger partial charge in [-0.15, -0.1) is 0 Å². The summed E-state index contributed by atoms with van der Waals surface area (Å²) in [6, 6.07) is 22.1. The summed E-state index contributed by atoms with van der Waals surface area (Å²) in [4.78, 5) is 35.0. The fraction of sp³-hybridized carbons (Fsp3) is 0. The van der Waals surface area contributed by atoms with E-state index in [0.717, 1.165) is 0 Å². The van der Waals surface area contributed by atoms with E-state index in [1.54, 1.807) is 42.5 Å². The molecule has 31 heavy (non-hydrogen) atoms. The summed E-state index contributed by atoms with van der Waals surface area (Å²) < 4.78 is 5.20. The smallest absolute Gasteiger partial charge is 0.350 e. The van der Waals surface area contributed by atoms with Crippen molar-refractivity contribution in [1.29, 1.82) is 5.26 Å². The van der Waals surface area contributed by atoms with Gasteiger partial charge < -0.3 is 10.1 Å². The minimum absolute atomic E-state index is 0.103. The molecule has 152 valence electrons. The Balaban J connectivity index is 1.72. The first-order chi connectivity index (χ1) is 15.0. The van der Waals surface area contributed by atoms with Gasteiger partial charge in [0.25, 0.3) is 11.6 Å². The van der Waals surface area contributed by atoms with E-state index in [1.807, 2.05) is 6.07 Å². The van der Waals surface area contributed by atoms with Crippen LogP contribution in [0.15, 0.2) is 84.4 Å². The Labute approximate surface area is 177 Å². The number of nitrogens with zero attached hydrogens (tertiary/aromatic N) is 2. The van der Waals surface area contributed by atoms with Crippen molar-refractivity contribution in [3.63, 3.8) is 0 Å². The van der Waals surface area contributed by atoms with Crippen LogP contribution in [0.5, 0.6) is 5.75 Å². The number of anilines is 1. The van der Waals surface area contributed by atoms with E-state index in [9.17, 15) is 25.0 Å². The van der Waals surface area contributed by atoms with Crippen molar-refractivity contribution < 1.29 is 19.2 Å². The molecule has 0 aliphatic rings. The summed E-state index contributed by atoms with van der Waals surface area (Å²) in [5.41, 5.74) is 0.473. The molecule has 0 aromatic heterocycles. The number of hydrogen-bond donors (Lipinski definition) is 1. The number of nitriles is 1. The van der Waals surface area contributed by atoms with Gasteiger partial charge in [0.2, 0.25) is 0 Å².